The topological polar surface area (TPSA) is 68.0 Å². The number of carboxylic acid groups (broad SMARTS) is 1. The fourth-order valence-corrected chi connectivity index (χ4v) is 1.92. The molecule has 1 N–H and O–H groups in total. The molecular weight excluding hydrogens is 254 g/mol. The van der Waals surface area contributed by atoms with Crippen LogP contribution in [0.2, 0.25) is 0 Å². The van der Waals surface area contributed by atoms with Crippen molar-refractivity contribution in [3.05, 3.63) is 41.0 Å². The maximum absolute atomic E-state index is 11.0. The number of rotatable bonds is 4. The molecule has 0 saturated carbocycles. The summed E-state index contributed by atoms with van der Waals surface area (Å²) in [6, 6.07) is 5.94. The van der Waals surface area contributed by atoms with Gasteiger partial charge in [-0.25, -0.2) is 9.67 Å². The standard InChI is InChI=1S/C15H19N3O2/c1-9(2)15-16-13(8-14(19)20)18(17-15)12-6-5-10(3)11(4)7-12/h5-7,9H,8H2,1-4H3,(H,19,20). The van der Waals surface area contributed by atoms with Crippen LogP contribution in [0, 0.1) is 13.8 Å². The Morgan fingerprint density at radius 2 is 2.00 bits per heavy atom. The van der Waals surface area contributed by atoms with Crippen LogP contribution >= 0.6 is 0 Å². The predicted octanol–water partition coefficient (Wildman–Crippen LogP) is 2.63. The number of carbonyl (C=O) groups is 1. The van der Waals surface area contributed by atoms with E-state index in [2.05, 4.69) is 10.1 Å². The van der Waals surface area contributed by atoms with Gasteiger partial charge in [0.25, 0.3) is 0 Å². The first-order chi connectivity index (χ1) is 9.38. The zero-order chi connectivity index (χ0) is 14.9. The molecule has 0 atom stereocenters. The normalized spacial score (nSPS) is 11.1. The first-order valence-corrected chi connectivity index (χ1v) is 6.63. The van der Waals surface area contributed by atoms with Gasteiger partial charge in [-0.3, -0.25) is 4.79 Å². The molecule has 5 nitrogen and oxygen atoms in total. The lowest BCUT2D eigenvalue weighted by Gasteiger charge is -2.07. The van der Waals surface area contributed by atoms with E-state index >= 15 is 0 Å². The monoisotopic (exact) mass is 273 g/mol. The molecule has 0 fully saturated rings. The van der Waals surface area contributed by atoms with E-state index in [1.807, 2.05) is 45.9 Å². The third-order valence-electron chi connectivity index (χ3n) is 3.25. The van der Waals surface area contributed by atoms with E-state index in [1.165, 1.54) is 5.56 Å². The fraction of sp³-hybridized carbons (Fsp3) is 0.400. The predicted molar refractivity (Wildman–Crippen MR) is 76.3 cm³/mol. The fourth-order valence-electron chi connectivity index (χ4n) is 1.92. The van der Waals surface area contributed by atoms with Gasteiger partial charge in [-0.1, -0.05) is 19.9 Å². The Bertz CT molecular complexity index is 645. The van der Waals surface area contributed by atoms with Gasteiger partial charge in [-0.05, 0) is 37.1 Å². The number of hydrogen-bond acceptors (Lipinski definition) is 3. The number of nitrogens with zero attached hydrogens (tertiary/aromatic N) is 3. The van der Waals surface area contributed by atoms with Crippen LogP contribution in [0.15, 0.2) is 18.2 Å². The molecule has 0 aliphatic carbocycles. The quantitative estimate of drug-likeness (QED) is 0.929. The molecule has 1 aromatic carbocycles. The summed E-state index contributed by atoms with van der Waals surface area (Å²) in [6.07, 6.45) is -0.132. The van der Waals surface area contributed by atoms with Crippen LogP contribution in [0.4, 0.5) is 0 Å². The summed E-state index contributed by atoms with van der Waals surface area (Å²) in [5.74, 6) is 0.386. The lowest BCUT2D eigenvalue weighted by Crippen LogP contribution is -2.09. The van der Waals surface area contributed by atoms with E-state index in [9.17, 15) is 4.79 Å². The molecule has 0 unspecified atom stereocenters. The van der Waals surface area contributed by atoms with Gasteiger partial charge in [-0.2, -0.15) is 5.10 Å². The summed E-state index contributed by atoms with van der Waals surface area (Å²) < 4.78 is 1.63. The first-order valence-electron chi connectivity index (χ1n) is 6.63. The maximum atomic E-state index is 11.0. The molecule has 2 rings (SSSR count). The molecule has 0 aliphatic rings. The third-order valence-corrected chi connectivity index (χ3v) is 3.25. The molecule has 5 heteroatoms. The van der Waals surface area contributed by atoms with Gasteiger partial charge in [-0.15, -0.1) is 0 Å². The van der Waals surface area contributed by atoms with Crippen LogP contribution in [0.25, 0.3) is 5.69 Å². The summed E-state index contributed by atoms with van der Waals surface area (Å²) >= 11 is 0. The van der Waals surface area contributed by atoms with E-state index in [-0.39, 0.29) is 12.3 Å². The van der Waals surface area contributed by atoms with E-state index in [4.69, 9.17) is 5.11 Å². The van der Waals surface area contributed by atoms with Crippen molar-refractivity contribution in [1.82, 2.24) is 14.8 Å². The second-order valence-corrected chi connectivity index (χ2v) is 5.29. The summed E-state index contributed by atoms with van der Waals surface area (Å²) in [5.41, 5.74) is 3.19. The minimum atomic E-state index is -0.905. The van der Waals surface area contributed by atoms with Crippen molar-refractivity contribution in [2.45, 2.75) is 40.0 Å². The highest BCUT2D eigenvalue weighted by Crippen LogP contribution is 2.18. The highest BCUT2D eigenvalue weighted by Gasteiger charge is 2.16. The van der Waals surface area contributed by atoms with Crippen molar-refractivity contribution >= 4 is 5.97 Å². The molecule has 2 aromatic rings. The van der Waals surface area contributed by atoms with Crippen LogP contribution in [-0.2, 0) is 11.2 Å². The smallest absolute Gasteiger partial charge is 0.311 e. The number of aryl methyl sites for hydroxylation is 2. The van der Waals surface area contributed by atoms with Gasteiger partial charge >= 0.3 is 5.97 Å². The van der Waals surface area contributed by atoms with Gasteiger partial charge in [0, 0.05) is 5.92 Å². The molecule has 0 amide bonds. The summed E-state index contributed by atoms with van der Waals surface area (Å²) in [7, 11) is 0. The second-order valence-electron chi connectivity index (χ2n) is 5.29. The Morgan fingerprint density at radius 3 is 2.55 bits per heavy atom. The Kier molecular flexibility index (Phi) is 3.88. The molecule has 0 spiro atoms. The lowest BCUT2D eigenvalue weighted by molar-refractivity contribution is -0.136. The van der Waals surface area contributed by atoms with Gasteiger partial charge < -0.3 is 5.11 Å². The molecule has 20 heavy (non-hydrogen) atoms. The Balaban J connectivity index is 2.52. The first kappa shape index (κ1) is 14.2. The number of benzene rings is 1. The number of aliphatic carboxylic acids is 1. The van der Waals surface area contributed by atoms with Gasteiger partial charge in [0.1, 0.15) is 12.2 Å². The van der Waals surface area contributed by atoms with Crippen molar-refractivity contribution < 1.29 is 9.90 Å². The van der Waals surface area contributed by atoms with Crippen molar-refractivity contribution in [2.75, 3.05) is 0 Å². The molecule has 1 aromatic heterocycles. The molecule has 0 saturated heterocycles. The van der Waals surface area contributed by atoms with Crippen LogP contribution in [-0.4, -0.2) is 25.8 Å². The van der Waals surface area contributed by atoms with Crippen molar-refractivity contribution in [3.8, 4) is 5.69 Å². The summed E-state index contributed by atoms with van der Waals surface area (Å²) in [5, 5.41) is 13.4. The van der Waals surface area contributed by atoms with Gasteiger partial charge in [0.05, 0.1) is 5.69 Å². The Morgan fingerprint density at radius 1 is 1.30 bits per heavy atom. The molecule has 1 heterocycles. The summed E-state index contributed by atoms with van der Waals surface area (Å²) in [4.78, 5) is 15.3. The number of carboxylic acids is 1. The van der Waals surface area contributed by atoms with E-state index in [0.717, 1.165) is 11.3 Å². The van der Waals surface area contributed by atoms with E-state index < -0.39 is 5.97 Å². The summed E-state index contributed by atoms with van der Waals surface area (Å²) in [6.45, 7) is 8.05. The second kappa shape index (κ2) is 5.45. The molecule has 0 aliphatic heterocycles. The molecule has 0 radical (unpaired) electrons. The zero-order valence-corrected chi connectivity index (χ0v) is 12.2. The van der Waals surface area contributed by atoms with E-state index in [1.54, 1.807) is 4.68 Å². The minimum Gasteiger partial charge on any atom is -0.481 e. The Hall–Kier alpha value is -2.17. The van der Waals surface area contributed by atoms with Gasteiger partial charge in [0.15, 0.2) is 5.82 Å². The SMILES string of the molecule is Cc1ccc(-n2nc(C(C)C)nc2CC(=O)O)cc1C. The molecular formula is C15H19N3O2. The zero-order valence-electron chi connectivity index (χ0n) is 12.2. The van der Waals surface area contributed by atoms with Crippen molar-refractivity contribution in [1.29, 1.82) is 0 Å². The van der Waals surface area contributed by atoms with Crippen LogP contribution in [0.3, 0.4) is 0 Å². The third kappa shape index (κ3) is 2.87. The number of hydrogen-bond donors (Lipinski definition) is 1. The molecule has 0 bridgehead atoms. The van der Waals surface area contributed by atoms with Gasteiger partial charge in [0.2, 0.25) is 0 Å². The van der Waals surface area contributed by atoms with Crippen molar-refractivity contribution in [3.63, 3.8) is 0 Å². The highest BCUT2D eigenvalue weighted by atomic mass is 16.4. The average Bonchev–Trinajstić information content (AvgIpc) is 2.76. The number of aromatic nitrogens is 3. The van der Waals surface area contributed by atoms with Crippen LogP contribution in [0.1, 0.15) is 42.5 Å². The Labute approximate surface area is 118 Å². The average molecular weight is 273 g/mol. The van der Waals surface area contributed by atoms with Crippen molar-refractivity contribution in [2.24, 2.45) is 0 Å². The van der Waals surface area contributed by atoms with E-state index in [0.29, 0.717) is 11.6 Å². The lowest BCUT2D eigenvalue weighted by atomic mass is 10.1. The molecule has 106 valence electrons. The highest BCUT2D eigenvalue weighted by molar-refractivity contribution is 5.69. The van der Waals surface area contributed by atoms with Crippen LogP contribution in [0.5, 0.6) is 0 Å². The maximum Gasteiger partial charge on any atom is 0.311 e. The minimum absolute atomic E-state index is 0.132. The largest absolute Gasteiger partial charge is 0.481 e. The van der Waals surface area contributed by atoms with Crippen LogP contribution < -0.4 is 0 Å².